The van der Waals surface area contributed by atoms with Crippen LogP contribution in [-0.4, -0.2) is 70.8 Å². The maximum atomic E-state index is 13.0. The van der Waals surface area contributed by atoms with E-state index in [1.807, 2.05) is 16.6 Å². The number of nitrogens with zero attached hydrogens (tertiary/aromatic N) is 4. The quantitative estimate of drug-likeness (QED) is 0.805. The largest absolute Gasteiger partial charge is 0.337 e. The summed E-state index contributed by atoms with van der Waals surface area (Å²) in [4.78, 5) is 17.4. The van der Waals surface area contributed by atoms with Crippen LogP contribution < -0.4 is 5.32 Å². The van der Waals surface area contributed by atoms with E-state index >= 15 is 0 Å². The number of hydrogen-bond donors (Lipinski definition) is 1. The molecule has 1 aromatic rings. The molecule has 146 valence electrons. The van der Waals surface area contributed by atoms with Gasteiger partial charge in [0.1, 0.15) is 0 Å². The van der Waals surface area contributed by atoms with E-state index in [0.717, 1.165) is 71.4 Å². The van der Waals surface area contributed by atoms with E-state index in [2.05, 4.69) is 29.2 Å². The number of aromatic nitrogens is 2. The molecular weight excluding hydrogens is 326 g/mol. The Morgan fingerprint density at radius 2 is 1.96 bits per heavy atom. The van der Waals surface area contributed by atoms with Crippen LogP contribution in [0.5, 0.6) is 0 Å². The number of rotatable bonds is 7. The zero-order valence-corrected chi connectivity index (χ0v) is 16.8. The Kier molecular flexibility index (Phi) is 6.70. The molecule has 1 N–H and O–H groups in total. The predicted molar refractivity (Wildman–Crippen MR) is 105 cm³/mol. The number of carbonyl (C=O) groups is 1. The second-order valence-corrected chi connectivity index (χ2v) is 7.67. The first-order valence-electron chi connectivity index (χ1n) is 10.4. The Bertz CT molecular complexity index is 602. The number of amides is 1. The van der Waals surface area contributed by atoms with Gasteiger partial charge >= 0.3 is 0 Å². The number of nitrogens with one attached hydrogen (secondary N) is 1. The van der Waals surface area contributed by atoms with Gasteiger partial charge in [0.2, 0.25) is 0 Å². The standard InChI is InChI=1S/C20H35N5O/c1-4-24(5-2)14-11-21-16-9-10-18-17(15-16)19(22-23(18)3)20(26)25-12-7-6-8-13-25/h16,21H,4-15H2,1-3H3/t16-/m1/s1. The fourth-order valence-electron chi connectivity index (χ4n) is 4.35. The first kappa shape index (κ1) is 19.4. The minimum atomic E-state index is 0.144. The molecule has 3 rings (SSSR count). The van der Waals surface area contributed by atoms with Gasteiger partial charge in [-0.3, -0.25) is 9.48 Å². The van der Waals surface area contributed by atoms with Crippen molar-refractivity contribution in [1.82, 2.24) is 24.9 Å². The van der Waals surface area contributed by atoms with Crippen LogP contribution in [0.1, 0.15) is 61.3 Å². The van der Waals surface area contributed by atoms with E-state index in [1.54, 1.807) is 0 Å². The van der Waals surface area contributed by atoms with Gasteiger partial charge in [0.25, 0.3) is 5.91 Å². The van der Waals surface area contributed by atoms with E-state index < -0.39 is 0 Å². The summed E-state index contributed by atoms with van der Waals surface area (Å²) in [5.41, 5.74) is 3.15. The number of piperidine rings is 1. The average Bonchev–Trinajstić information content (AvgIpc) is 3.01. The fraction of sp³-hybridized carbons (Fsp3) is 0.800. The summed E-state index contributed by atoms with van der Waals surface area (Å²) in [6, 6.07) is 0.454. The second kappa shape index (κ2) is 9.00. The summed E-state index contributed by atoms with van der Waals surface area (Å²) < 4.78 is 1.94. The van der Waals surface area contributed by atoms with Crippen molar-refractivity contribution < 1.29 is 4.79 Å². The smallest absolute Gasteiger partial charge is 0.274 e. The third kappa shape index (κ3) is 4.29. The Morgan fingerprint density at radius 3 is 2.65 bits per heavy atom. The van der Waals surface area contributed by atoms with Crippen LogP contribution in [0, 0.1) is 0 Å². The van der Waals surface area contributed by atoms with Crippen molar-refractivity contribution in [1.29, 1.82) is 0 Å². The minimum absolute atomic E-state index is 0.144. The highest BCUT2D eigenvalue weighted by molar-refractivity contribution is 5.94. The van der Waals surface area contributed by atoms with Crippen molar-refractivity contribution in [2.75, 3.05) is 39.3 Å². The Morgan fingerprint density at radius 1 is 1.23 bits per heavy atom. The van der Waals surface area contributed by atoms with Gasteiger partial charge in [0, 0.05) is 50.5 Å². The van der Waals surface area contributed by atoms with Crippen molar-refractivity contribution in [2.24, 2.45) is 7.05 Å². The van der Waals surface area contributed by atoms with Crippen molar-refractivity contribution in [3.8, 4) is 0 Å². The molecule has 6 nitrogen and oxygen atoms in total. The van der Waals surface area contributed by atoms with Gasteiger partial charge in [-0.1, -0.05) is 13.8 Å². The lowest BCUT2D eigenvalue weighted by atomic mass is 9.91. The molecule has 1 atom stereocenters. The highest BCUT2D eigenvalue weighted by Gasteiger charge is 2.30. The van der Waals surface area contributed by atoms with Gasteiger partial charge in [-0.25, -0.2) is 0 Å². The highest BCUT2D eigenvalue weighted by Crippen LogP contribution is 2.26. The lowest BCUT2D eigenvalue weighted by Crippen LogP contribution is -2.41. The van der Waals surface area contributed by atoms with E-state index in [1.165, 1.54) is 17.7 Å². The molecule has 1 aromatic heterocycles. The van der Waals surface area contributed by atoms with Gasteiger partial charge in [-0.15, -0.1) is 0 Å². The molecule has 0 bridgehead atoms. The third-order valence-electron chi connectivity index (χ3n) is 6.06. The van der Waals surface area contributed by atoms with Crippen LogP contribution in [0.15, 0.2) is 0 Å². The fourth-order valence-corrected chi connectivity index (χ4v) is 4.35. The number of aryl methyl sites for hydroxylation is 1. The first-order valence-corrected chi connectivity index (χ1v) is 10.4. The molecule has 1 amide bonds. The number of carbonyl (C=O) groups excluding carboxylic acids is 1. The molecule has 1 aliphatic carbocycles. The molecule has 1 saturated heterocycles. The van der Waals surface area contributed by atoms with Crippen LogP contribution in [0.3, 0.4) is 0 Å². The first-order chi connectivity index (χ1) is 12.6. The van der Waals surface area contributed by atoms with E-state index in [-0.39, 0.29) is 5.91 Å². The molecule has 0 radical (unpaired) electrons. The monoisotopic (exact) mass is 361 g/mol. The van der Waals surface area contributed by atoms with Crippen molar-refractivity contribution in [3.05, 3.63) is 17.0 Å². The molecule has 2 heterocycles. The second-order valence-electron chi connectivity index (χ2n) is 7.67. The van der Waals surface area contributed by atoms with Crippen molar-refractivity contribution in [3.63, 3.8) is 0 Å². The molecule has 2 aliphatic rings. The molecular formula is C20H35N5O. The molecule has 1 aliphatic heterocycles. The maximum absolute atomic E-state index is 13.0. The number of fused-ring (bicyclic) bond motifs is 1. The molecule has 0 saturated carbocycles. The molecule has 0 unspecified atom stereocenters. The van der Waals surface area contributed by atoms with Crippen LogP contribution in [0.25, 0.3) is 0 Å². The average molecular weight is 362 g/mol. The van der Waals surface area contributed by atoms with Crippen LogP contribution >= 0.6 is 0 Å². The van der Waals surface area contributed by atoms with E-state index in [4.69, 9.17) is 0 Å². The minimum Gasteiger partial charge on any atom is -0.337 e. The van der Waals surface area contributed by atoms with Crippen LogP contribution in [0.4, 0.5) is 0 Å². The van der Waals surface area contributed by atoms with Crippen molar-refractivity contribution >= 4 is 5.91 Å². The van der Waals surface area contributed by atoms with E-state index in [9.17, 15) is 4.79 Å². The van der Waals surface area contributed by atoms with Gasteiger partial charge < -0.3 is 15.1 Å². The molecule has 0 spiro atoms. The summed E-state index contributed by atoms with van der Waals surface area (Å²) in [5.74, 6) is 0.144. The molecule has 6 heteroatoms. The van der Waals surface area contributed by atoms with Crippen LogP contribution in [-0.2, 0) is 19.9 Å². The Hall–Kier alpha value is -1.40. The molecule has 26 heavy (non-hydrogen) atoms. The topological polar surface area (TPSA) is 53.4 Å². The maximum Gasteiger partial charge on any atom is 0.274 e. The third-order valence-corrected chi connectivity index (χ3v) is 6.06. The van der Waals surface area contributed by atoms with E-state index in [0.29, 0.717) is 11.7 Å². The Balaban J connectivity index is 1.64. The lowest BCUT2D eigenvalue weighted by Gasteiger charge is -2.28. The summed E-state index contributed by atoms with van der Waals surface area (Å²) >= 11 is 0. The lowest BCUT2D eigenvalue weighted by molar-refractivity contribution is 0.0716. The summed E-state index contributed by atoms with van der Waals surface area (Å²) in [5, 5.41) is 8.34. The summed E-state index contributed by atoms with van der Waals surface area (Å²) in [6.07, 6.45) is 6.54. The van der Waals surface area contributed by atoms with Gasteiger partial charge in [0.05, 0.1) is 0 Å². The number of likely N-dealkylation sites (N-methyl/N-ethyl adjacent to an activating group) is 1. The SMILES string of the molecule is CCN(CC)CCN[C@@H]1CCc2c(c(C(=O)N3CCCCC3)nn2C)C1. The van der Waals surface area contributed by atoms with Crippen LogP contribution in [0.2, 0.25) is 0 Å². The number of hydrogen-bond acceptors (Lipinski definition) is 4. The van der Waals surface area contributed by atoms with Gasteiger partial charge in [-0.05, 0) is 51.6 Å². The van der Waals surface area contributed by atoms with Gasteiger partial charge in [-0.2, -0.15) is 5.10 Å². The molecule has 0 aromatic carbocycles. The van der Waals surface area contributed by atoms with Gasteiger partial charge in [0.15, 0.2) is 5.69 Å². The molecule has 1 fully saturated rings. The summed E-state index contributed by atoms with van der Waals surface area (Å²) in [7, 11) is 1.99. The zero-order chi connectivity index (χ0) is 18.5. The highest BCUT2D eigenvalue weighted by atomic mass is 16.2. The zero-order valence-electron chi connectivity index (χ0n) is 16.8. The summed E-state index contributed by atoms with van der Waals surface area (Å²) in [6.45, 7) is 10.5. The predicted octanol–water partition coefficient (Wildman–Crippen LogP) is 1.83. The Labute approximate surface area is 157 Å². The number of likely N-dealkylation sites (tertiary alicyclic amines) is 1. The normalized spacial score (nSPS) is 20.5. The van der Waals surface area contributed by atoms with Crippen molar-refractivity contribution in [2.45, 2.75) is 58.4 Å².